The fourth-order valence-corrected chi connectivity index (χ4v) is 11.7. The van der Waals surface area contributed by atoms with Crippen molar-refractivity contribution in [2.45, 2.75) is 143 Å². The Labute approximate surface area is 500 Å². The minimum atomic E-state index is 0.0930. The second kappa shape index (κ2) is 30.9. The van der Waals surface area contributed by atoms with Gasteiger partial charge < -0.3 is 48.7 Å². The Balaban J connectivity index is 1.26. The van der Waals surface area contributed by atoms with E-state index in [9.17, 15) is 0 Å². The molecule has 2 unspecified atom stereocenters. The fourth-order valence-electron chi connectivity index (χ4n) is 11.7. The Morgan fingerprint density at radius 2 is 0.714 bits per heavy atom. The molecule has 5 heterocycles. The number of rotatable bonds is 32. The van der Waals surface area contributed by atoms with E-state index >= 15 is 0 Å². The SMILES string of the molecule is CCCCCCCC(CC)Oc1ccccc1C1=c2ccc([nH]2)=C(c2ccc(OCCCN(C)C)cc2)c2ccc([nH]2)C(c2ccccc2OC(CC)CCCCCCC)=c2ccc([nH]2)=C(c2ccc(OCCCN(C)C)cc2)c2ccc1[nH]2. The molecule has 0 amide bonds. The smallest absolute Gasteiger partial charge is 0.127 e. The van der Waals surface area contributed by atoms with Crippen molar-refractivity contribution in [2.24, 2.45) is 0 Å². The van der Waals surface area contributed by atoms with Gasteiger partial charge >= 0.3 is 0 Å². The number of nitrogens with one attached hydrogen (secondary N) is 4. The standard InChI is InChI=1S/C74H94N6O4/c1-9-13-15-17-19-27-55(11-3)83-69-31-23-21-29-59(69)73-65-45-41-61(75-65)71(53-33-37-57(38-34-53)81-51-25-49-79(5)6)63-43-47-67(77-63)74(60-30-22-24-32-70(60)84-56(12-4)28-20-18-16-14-10-2)68-48-44-64(78-68)72(62-42-46-66(73)76-62)54-35-39-58(40-36-54)82-52-26-50-80(7)8/h21-24,29-48,55-56,75-78H,9-20,25-28,49-52H2,1-8H3. The monoisotopic (exact) mass is 1130 g/mol. The maximum atomic E-state index is 7.13. The minimum Gasteiger partial charge on any atom is -0.494 e. The molecule has 0 fully saturated rings. The zero-order valence-electron chi connectivity index (χ0n) is 51.7. The highest BCUT2D eigenvalue weighted by Gasteiger charge is 2.23. The van der Waals surface area contributed by atoms with E-state index < -0.39 is 0 Å². The molecule has 9 rings (SSSR count). The second-order valence-corrected chi connectivity index (χ2v) is 23.4. The number of benzene rings is 4. The Hall–Kier alpha value is -7.40. The third kappa shape index (κ3) is 16.1. The van der Waals surface area contributed by atoms with Gasteiger partial charge in [0, 0.05) is 90.7 Å². The summed E-state index contributed by atoms with van der Waals surface area (Å²) in [5.41, 5.74) is 12.1. The molecule has 84 heavy (non-hydrogen) atoms. The van der Waals surface area contributed by atoms with Crippen molar-refractivity contribution in [3.63, 3.8) is 0 Å². The van der Waals surface area contributed by atoms with Crippen LogP contribution in [0.4, 0.5) is 0 Å². The van der Waals surface area contributed by atoms with Crippen LogP contribution in [0.1, 0.15) is 175 Å². The van der Waals surface area contributed by atoms with Gasteiger partial charge in [0.05, 0.1) is 25.4 Å². The van der Waals surface area contributed by atoms with Crippen LogP contribution in [-0.4, -0.2) is 96.4 Å². The zero-order chi connectivity index (χ0) is 58.6. The number of nitrogens with zero attached hydrogens (tertiary/aromatic N) is 2. The van der Waals surface area contributed by atoms with E-state index in [1.807, 2.05) is 0 Å². The first-order chi connectivity index (χ1) is 41.1. The molecule has 8 bridgehead atoms. The highest BCUT2D eigenvalue weighted by atomic mass is 16.5. The van der Waals surface area contributed by atoms with Gasteiger partial charge in [0.15, 0.2) is 0 Å². The van der Waals surface area contributed by atoms with Crippen LogP contribution in [0.25, 0.3) is 22.3 Å². The summed E-state index contributed by atoms with van der Waals surface area (Å²) in [6.07, 6.45) is 18.3. The van der Waals surface area contributed by atoms with Crippen molar-refractivity contribution in [2.75, 3.05) is 54.5 Å². The van der Waals surface area contributed by atoms with Crippen LogP contribution in [0.5, 0.6) is 23.0 Å². The maximum absolute atomic E-state index is 7.13. The Morgan fingerprint density at radius 3 is 1.08 bits per heavy atom. The summed E-state index contributed by atoms with van der Waals surface area (Å²) in [5, 5.41) is 3.88. The van der Waals surface area contributed by atoms with E-state index in [4.69, 9.17) is 18.9 Å². The summed E-state index contributed by atoms with van der Waals surface area (Å²) in [4.78, 5) is 20.5. The minimum absolute atomic E-state index is 0.0930. The van der Waals surface area contributed by atoms with Crippen LogP contribution in [0.3, 0.4) is 0 Å². The Morgan fingerprint density at radius 1 is 0.357 bits per heavy atom. The normalized spacial score (nSPS) is 13.3. The number of fused-ring (bicyclic) bond motifs is 8. The van der Waals surface area contributed by atoms with Crippen molar-refractivity contribution in [1.82, 2.24) is 29.7 Å². The lowest BCUT2D eigenvalue weighted by Gasteiger charge is -2.21. The van der Waals surface area contributed by atoms with Gasteiger partial charge in [0.1, 0.15) is 23.0 Å². The zero-order valence-corrected chi connectivity index (χ0v) is 51.7. The number of hydrogen-bond acceptors (Lipinski definition) is 6. The lowest BCUT2D eigenvalue weighted by Crippen LogP contribution is -2.20. The molecular formula is C74H94N6O4. The highest BCUT2D eigenvalue weighted by molar-refractivity contribution is 5.86. The largest absolute Gasteiger partial charge is 0.494 e. The molecular weight excluding hydrogens is 1040 g/mol. The van der Waals surface area contributed by atoms with E-state index in [1.54, 1.807) is 0 Å². The first-order valence-corrected chi connectivity index (χ1v) is 31.7. The molecule has 4 N–H and O–H groups in total. The number of H-pyrrole nitrogens is 4. The van der Waals surface area contributed by atoms with Crippen LogP contribution in [0.15, 0.2) is 146 Å². The topological polar surface area (TPSA) is 107 Å². The van der Waals surface area contributed by atoms with Gasteiger partial charge in [-0.2, -0.15) is 0 Å². The molecule has 1 aliphatic rings. The summed E-state index contributed by atoms with van der Waals surface area (Å²) in [5.74, 6) is 3.45. The van der Waals surface area contributed by atoms with Gasteiger partial charge in [0.2, 0.25) is 0 Å². The summed E-state index contributed by atoms with van der Waals surface area (Å²) in [6.45, 7) is 12.3. The number of hydrogen-bond donors (Lipinski definition) is 4. The van der Waals surface area contributed by atoms with Gasteiger partial charge in [-0.25, -0.2) is 0 Å². The molecule has 0 saturated heterocycles. The highest BCUT2D eigenvalue weighted by Crippen LogP contribution is 2.35. The molecule has 0 radical (unpaired) electrons. The number of para-hydroxylation sites is 2. The average molecular weight is 1130 g/mol. The molecule has 0 aliphatic carbocycles. The van der Waals surface area contributed by atoms with Gasteiger partial charge in [-0.3, -0.25) is 0 Å². The fraction of sp³-hybridized carbons (Fsp3) is 0.405. The second-order valence-electron chi connectivity index (χ2n) is 23.4. The van der Waals surface area contributed by atoms with Gasteiger partial charge in [-0.05, 0) is 176 Å². The predicted molar refractivity (Wildman–Crippen MR) is 347 cm³/mol. The Bertz CT molecular complexity index is 3320. The van der Waals surface area contributed by atoms with Crippen LogP contribution in [-0.2, 0) is 0 Å². The molecule has 10 nitrogen and oxygen atoms in total. The van der Waals surface area contributed by atoms with Gasteiger partial charge in [0.25, 0.3) is 0 Å². The van der Waals surface area contributed by atoms with E-state index in [0.29, 0.717) is 13.2 Å². The molecule has 4 aromatic carbocycles. The summed E-state index contributed by atoms with van der Waals surface area (Å²) < 4.78 is 26.9. The number of aromatic nitrogens is 4. The summed E-state index contributed by atoms with van der Waals surface area (Å²) in [7, 11) is 8.40. The molecule has 0 spiro atoms. The van der Waals surface area contributed by atoms with Crippen molar-refractivity contribution in [3.05, 3.63) is 212 Å². The average Bonchev–Trinajstić information content (AvgIpc) is 3.47. The summed E-state index contributed by atoms with van der Waals surface area (Å²) in [6, 6.07) is 52.2. The van der Waals surface area contributed by atoms with Crippen molar-refractivity contribution in [1.29, 1.82) is 0 Å². The van der Waals surface area contributed by atoms with Crippen molar-refractivity contribution >= 4 is 22.3 Å². The first-order valence-electron chi connectivity index (χ1n) is 31.7. The lowest BCUT2D eigenvalue weighted by molar-refractivity contribution is 0.182. The molecule has 1 aliphatic heterocycles. The quantitative estimate of drug-likeness (QED) is 0.0313. The van der Waals surface area contributed by atoms with Crippen molar-refractivity contribution < 1.29 is 18.9 Å². The van der Waals surface area contributed by atoms with E-state index in [1.165, 1.54) is 51.4 Å². The molecule has 444 valence electrons. The van der Waals surface area contributed by atoms with E-state index in [-0.39, 0.29) is 12.2 Å². The van der Waals surface area contributed by atoms with Crippen LogP contribution >= 0.6 is 0 Å². The molecule has 8 aromatic rings. The number of ether oxygens (including phenoxy) is 4. The first kappa shape index (κ1) is 61.2. The predicted octanol–water partition coefficient (Wildman–Crippen LogP) is 14.0. The molecule has 0 saturated carbocycles. The summed E-state index contributed by atoms with van der Waals surface area (Å²) >= 11 is 0. The van der Waals surface area contributed by atoms with Crippen LogP contribution < -0.4 is 40.3 Å². The molecule has 10 heteroatoms. The number of unbranched alkanes of at least 4 members (excludes halogenated alkanes) is 8. The molecule has 4 aromatic heterocycles. The number of aromatic amines is 4. The van der Waals surface area contributed by atoms with Gasteiger partial charge in [-0.1, -0.05) is 140 Å². The van der Waals surface area contributed by atoms with E-state index in [2.05, 4.69) is 231 Å². The van der Waals surface area contributed by atoms with Crippen LogP contribution in [0.2, 0.25) is 0 Å². The Kier molecular flexibility index (Phi) is 22.5. The van der Waals surface area contributed by atoms with Crippen molar-refractivity contribution in [3.8, 4) is 23.0 Å². The van der Waals surface area contributed by atoms with Crippen LogP contribution in [0, 0.1) is 0 Å². The molecule has 2 atom stereocenters. The maximum Gasteiger partial charge on any atom is 0.127 e. The third-order valence-electron chi connectivity index (χ3n) is 16.3. The lowest BCUT2D eigenvalue weighted by atomic mass is 10.0. The van der Waals surface area contributed by atoms with E-state index in [0.717, 1.165) is 176 Å². The third-order valence-corrected chi connectivity index (χ3v) is 16.3. The van der Waals surface area contributed by atoms with Gasteiger partial charge in [-0.15, -0.1) is 0 Å².